The molecule has 166 valence electrons. The Morgan fingerprint density at radius 2 is 1.81 bits per heavy atom. The predicted octanol–water partition coefficient (Wildman–Crippen LogP) is 4.86. The lowest BCUT2D eigenvalue weighted by Crippen LogP contribution is -2.26. The zero-order chi connectivity index (χ0) is 23.1. The predicted molar refractivity (Wildman–Crippen MR) is 123 cm³/mol. The lowest BCUT2D eigenvalue weighted by molar-refractivity contribution is 0.0943. The third-order valence-electron chi connectivity index (χ3n) is 4.71. The van der Waals surface area contributed by atoms with Crippen LogP contribution < -0.4 is 10.1 Å². The van der Waals surface area contributed by atoms with Gasteiger partial charge in [-0.05, 0) is 43.5 Å². The van der Waals surface area contributed by atoms with Crippen molar-refractivity contribution in [3.8, 4) is 28.6 Å². The van der Waals surface area contributed by atoms with Gasteiger partial charge in [0.1, 0.15) is 11.5 Å². The van der Waals surface area contributed by atoms with Crippen LogP contribution in [0.15, 0.2) is 36.4 Å². The van der Waals surface area contributed by atoms with Gasteiger partial charge >= 0.3 is 0 Å². The number of rotatable bonds is 6. The highest BCUT2D eigenvalue weighted by atomic mass is 16.5. The number of nitrogens with one attached hydrogen (secondary N) is 1. The number of nitrogens with zero attached hydrogens (tertiary/aromatic N) is 3. The molecule has 0 saturated heterocycles. The summed E-state index contributed by atoms with van der Waals surface area (Å²) < 4.78 is 7.21. The van der Waals surface area contributed by atoms with Crippen molar-refractivity contribution < 1.29 is 14.6 Å². The number of ether oxygens (including phenoxy) is 1. The summed E-state index contributed by atoms with van der Waals surface area (Å²) in [6, 6.07) is 11.2. The summed E-state index contributed by atoms with van der Waals surface area (Å²) in [5.41, 5.74) is 3.28. The molecule has 0 saturated carbocycles. The maximum Gasteiger partial charge on any atom is 0.289 e. The van der Waals surface area contributed by atoms with Gasteiger partial charge in [0.2, 0.25) is 5.82 Å². The SMILES string of the molecule is CC.CCNC(=O)c1nnc(-c2cc(C(C)C)c(O)cc2OC)n1-c1ccc(C)cc1. The van der Waals surface area contributed by atoms with E-state index in [1.807, 2.05) is 71.9 Å². The van der Waals surface area contributed by atoms with Crippen LogP contribution in [0.25, 0.3) is 17.1 Å². The molecule has 0 aliphatic heterocycles. The van der Waals surface area contributed by atoms with Crippen LogP contribution >= 0.6 is 0 Å². The van der Waals surface area contributed by atoms with Gasteiger partial charge in [0, 0.05) is 18.3 Å². The number of carbonyl (C=O) groups is 1. The minimum atomic E-state index is -0.311. The molecular formula is C24H32N4O3. The van der Waals surface area contributed by atoms with Crippen molar-refractivity contribution in [3.63, 3.8) is 0 Å². The minimum absolute atomic E-state index is 0.0956. The summed E-state index contributed by atoms with van der Waals surface area (Å²) in [6.07, 6.45) is 0. The summed E-state index contributed by atoms with van der Waals surface area (Å²) in [5.74, 6) is 1.05. The molecule has 7 nitrogen and oxygen atoms in total. The zero-order valence-electron chi connectivity index (χ0n) is 19.4. The number of aromatic nitrogens is 3. The van der Waals surface area contributed by atoms with Gasteiger partial charge in [-0.3, -0.25) is 9.36 Å². The van der Waals surface area contributed by atoms with Crippen LogP contribution in [-0.2, 0) is 0 Å². The number of phenolic OH excluding ortho intramolecular Hbond substituents is 1. The third kappa shape index (κ3) is 5.05. The molecule has 2 aromatic carbocycles. The van der Waals surface area contributed by atoms with Crippen molar-refractivity contribution in [3.05, 3.63) is 53.3 Å². The molecule has 0 aliphatic carbocycles. The fourth-order valence-corrected chi connectivity index (χ4v) is 3.18. The Morgan fingerprint density at radius 1 is 1.16 bits per heavy atom. The third-order valence-corrected chi connectivity index (χ3v) is 4.71. The lowest BCUT2D eigenvalue weighted by Gasteiger charge is -2.16. The van der Waals surface area contributed by atoms with Gasteiger partial charge in [0.05, 0.1) is 12.7 Å². The second-order valence-corrected chi connectivity index (χ2v) is 7.14. The van der Waals surface area contributed by atoms with E-state index in [2.05, 4.69) is 15.5 Å². The van der Waals surface area contributed by atoms with E-state index in [9.17, 15) is 9.90 Å². The Bertz CT molecular complexity index is 1020. The second kappa shape index (κ2) is 10.6. The van der Waals surface area contributed by atoms with Gasteiger partial charge < -0.3 is 15.2 Å². The Hall–Kier alpha value is -3.35. The number of methoxy groups -OCH3 is 1. The molecule has 3 rings (SSSR count). The molecule has 0 radical (unpaired) electrons. The fourth-order valence-electron chi connectivity index (χ4n) is 3.18. The van der Waals surface area contributed by atoms with E-state index in [-0.39, 0.29) is 23.4 Å². The van der Waals surface area contributed by atoms with Gasteiger partial charge in [-0.25, -0.2) is 0 Å². The molecule has 1 aromatic heterocycles. The normalized spacial score (nSPS) is 10.5. The monoisotopic (exact) mass is 424 g/mol. The second-order valence-electron chi connectivity index (χ2n) is 7.14. The summed E-state index contributed by atoms with van der Waals surface area (Å²) in [5, 5.41) is 21.6. The van der Waals surface area contributed by atoms with E-state index < -0.39 is 0 Å². The number of aryl methyl sites for hydroxylation is 1. The zero-order valence-corrected chi connectivity index (χ0v) is 19.4. The van der Waals surface area contributed by atoms with E-state index in [1.165, 1.54) is 7.11 Å². The number of hydrogen-bond donors (Lipinski definition) is 2. The van der Waals surface area contributed by atoms with Crippen LogP contribution in [0, 0.1) is 6.92 Å². The molecule has 0 aliphatic rings. The number of amides is 1. The maximum atomic E-state index is 12.6. The van der Waals surface area contributed by atoms with Crippen molar-refractivity contribution in [2.45, 2.75) is 47.5 Å². The highest BCUT2D eigenvalue weighted by molar-refractivity contribution is 5.92. The molecule has 2 N–H and O–H groups in total. The smallest absolute Gasteiger partial charge is 0.289 e. The van der Waals surface area contributed by atoms with Gasteiger partial charge in [0.25, 0.3) is 5.91 Å². The van der Waals surface area contributed by atoms with Crippen LogP contribution in [0.5, 0.6) is 11.5 Å². The Labute approximate surface area is 184 Å². The van der Waals surface area contributed by atoms with Crippen molar-refractivity contribution in [1.29, 1.82) is 0 Å². The number of benzene rings is 2. The minimum Gasteiger partial charge on any atom is -0.508 e. The fraction of sp³-hybridized carbons (Fsp3) is 0.375. The summed E-state index contributed by atoms with van der Waals surface area (Å²) in [7, 11) is 1.53. The van der Waals surface area contributed by atoms with Gasteiger partial charge in [-0.1, -0.05) is 45.4 Å². The average molecular weight is 425 g/mol. The molecule has 1 amide bonds. The van der Waals surface area contributed by atoms with E-state index in [0.29, 0.717) is 23.7 Å². The molecule has 7 heteroatoms. The number of hydrogen-bond acceptors (Lipinski definition) is 5. The van der Waals surface area contributed by atoms with Crippen molar-refractivity contribution in [2.24, 2.45) is 0 Å². The first kappa shape index (κ1) is 23.9. The summed E-state index contributed by atoms with van der Waals surface area (Å²) >= 11 is 0. The number of phenols is 1. The van der Waals surface area contributed by atoms with E-state index in [0.717, 1.165) is 16.8 Å². The van der Waals surface area contributed by atoms with Crippen LogP contribution in [0.3, 0.4) is 0 Å². The van der Waals surface area contributed by atoms with Crippen molar-refractivity contribution in [1.82, 2.24) is 20.1 Å². The Morgan fingerprint density at radius 3 is 2.35 bits per heavy atom. The van der Waals surface area contributed by atoms with Crippen molar-refractivity contribution in [2.75, 3.05) is 13.7 Å². The molecule has 0 fully saturated rings. The maximum absolute atomic E-state index is 12.6. The van der Waals surface area contributed by atoms with Gasteiger partial charge in [0.15, 0.2) is 5.82 Å². The van der Waals surface area contributed by atoms with E-state index in [4.69, 9.17) is 4.74 Å². The lowest BCUT2D eigenvalue weighted by atomic mass is 9.98. The summed E-state index contributed by atoms with van der Waals surface area (Å²) in [6.45, 7) is 12.3. The van der Waals surface area contributed by atoms with Crippen LogP contribution in [0.4, 0.5) is 0 Å². The van der Waals surface area contributed by atoms with Gasteiger partial charge in [-0.2, -0.15) is 0 Å². The highest BCUT2D eigenvalue weighted by Crippen LogP contribution is 2.38. The van der Waals surface area contributed by atoms with Crippen LogP contribution in [0.1, 0.15) is 62.3 Å². The first-order valence-electron chi connectivity index (χ1n) is 10.6. The Kier molecular flexibility index (Phi) is 8.19. The van der Waals surface area contributed by atoms with Crippen LogP contribution in [-0.4, -0.2) is 39.4 Å². The largest absolute Gasteiger partial charge is 0.508 e. The average Bonchev–Trinajstić information content (AvgIpc) is 3.20. The first-order chi connectivity index (χ1) is 14.9. The highest BCUT2D eigenvalue weighted by Gasteiger charge is 2.24. The molecule has 0 spiro atoms. The Balaban J connectivity index is 0.00000166. The number of aromatic hydroxyl groups is 1. The standard InChI is InChI=1S/C22H26N4O3.C2H6/c1-6-23-22(28)21-25-24-20(26(21)15-9-7-14(4)8-10-15)17-11-16(13(2)3)18(27)12-19(17)29-5;1-2/h7-13,27H,6H2,1-5H3,(H,23,28);1-2H3. The molecule has 1 heterocycles. The number of carbonyl (C=O) groups excluding carboxylic acids is 1. The molecule has 0 atom stereocenters. The topological polar surface area (TPSA) is 89.3 Å². The molecule has 3 aromatic rings. The molecule has 0 bridgehead atoms. The molecule has 31 heavy (non-hydrogen) atoms. The van der Waals surface area contributed by atoms with Crippen LogP contribution in [0.2, 0.25) is 0 Å². The quantitative estimate of drug-likeness (QED) is 0.590. The van der Waals surface area contributed by atoms with Gasteiger partial charge in [-0.15, -0.1) is 10.2 Å². The van der Waals surface area contributed by atoms with E-state index >= 15 is 0 Å². The molecule has 0 unspecified atom stereocenters. The summed E-state index contributed by atoms with van der Waals surface area (Å²) in [4.78, 5) is 12.6. The van der Waals surface area contributed by atoms with E-state index in [1.54, 1.807) is 10.6 Å². The van der Waals surface area contributed by atoms with Crippen molar-refractivity contribution >= 4 is 5.91 Å². The molecular weight excluding hydrogens is 392 g/mol. The first-order valence-corrected chi connectivity index (χ1v) is 10.6.